The number of nitro groups is 1. The Morgan fingerprint density at radius 2 is 1.71 bits per heavy atom. The molecule has 0 saturated heterocycles. The number of rotatable bonds is 11. The molecule has 1 aromatic carbocycles. The molecule has 1 rings (SSSR count). The SMILES string of the molecule is COCCOC(C)(OCCOC)c1ccc([N+](=O)[O-])cc1C(=O)O. The van der Waals surface area contributed by atoms with Crippen LogP contribution >= 0.6 is 0 Å². The Morgan fingerprint density at radius 3 is 2.12 bits per heavy atom. The number of non-ortho nitro benzene ring substituents is 1. The number of nitro benzene ring substituents is 1. The molecule has 0 atom stereocenters. The Morgan fingerprint density at radius 1 is 1.17 bits per heavy atom. The number of carboxylic acids is 1. The smallest absolute Gasteiger partial charge is 0.336 e. The predicted molar refractivity (Wildman–Crippen MR) is 83.1 cm³/mol. The van der Waals surface area contributed by atoms with Gasteiger partial charge in [0.2, 0.25) is 0 Å². The fourth-order valence-corrected chi connectivity index (χ4v) is 2.06. The standard InChI is InChI=1S/C15H21NO8/c1-15(23-8-6-21-2,24-9-7-22-3)13-5-4-11(16(19)20)10-12(13)14(17)18/h4-5,10H,6-9H2,1-3H3,(H,17,18). The minimum Gasteiger partial charge on any atom is -0.478 e. The minimum atomic E-state index is -1.42. The van der Waals surface area contributed by atoms with Crippen LogP contribution in [0.15, 0.2) is 18.2 Å². The summed E-state index contributed by atoms with van der Waals surface area (Å²) in [6, 6.07) is 3.51. The summed E-state index contributed by atoms with van der Waals surface area (Å²) in [7, 11) is 3.00. The van der Waals surface area contributed by atoms with Crippen molar-refractivity contribution in [2.45, 2.75) is 12.7 Å². The third-order valence-electron chi connectivity index (χ3n) is 3.26. The maximum atomic E-state index is 11.5. The van der Waals surface area contributed by atoms with Gasteiger partial charge in [-0.25, -0.2) is 4.79 Å². The molecular formula is C15H21NO8. The molecule has 9 heteroatoms. The van der Waals surface area contributed by atoms with Crippen molar-refractivity contribution >= 4 is 11.7 Å². The number of nitrogens with zero attached hydrogens (tertiary/aromatic N) is 1. The number of benzene rings is 1. The molecule has 1 aromatic rings. The molecule has 0 aromatic heterocycles. The average Bonchev–Trinajstić information content (AvgIpc) is 2.54. The van der Waals surface area contributed by atoms with E-state index >= 15 is 0 Å². The van der Waals surface area contributed by atoms with Gasteiger partial charge in [-0.15, -0.1) is 0 Å². The zero-order valence-corrected chi connectivity index (χ0v) is 13.8. The molecule has 9 nitrogen and oxygen atoms in total. The molecule has 134 valence electrons. The summed E-state index contributed by atoms with van der Waals surface area (Å²) in [5.41, 5.74) is -0.415. The number of hydrogen-bond acceptors (Lipinski definition) is 7. The van der Waals surface area contributed by atoms with E-state index < -0.39 is 16.7 Å². The fraction of sp³-hybridized carbons (Fsp3) is 0.533. The maximum absolute atomic E-state index is 11.5. The largest absolute Gasteiger partial charge is 0.478 e. The van der Waals surface area contributed by atoms with Crippen molar-refractivity contribution in [1.29, 1.82) is 0 Å². The highest BCUT2D eigenvalue weighted by Crippen LogP contribution is 2.32. The van der Waals surface area contributed by atoms with E-state index in [9.17, 15) is 20.0 Å². The summed E-state index contributed by atoms with van der Waals surface area (Å²) >= 11 is 0. The molecule has 0 bridgehead atoms. The van der Waals surface area contributed by atoms with Gasteiger partial charge < -0.3 is 24.1 Å². The predicted octanol–water partition coefficient (Wildman–Crippen LogP) is 1.79. The quantitative estimate of drug-likeness (QED) is 0.280. The summed E-state index contributed by atoms with van der Waals surface area (Å²) in [6.07, 6.45) is 0. The second-order valence-corrected chi connectivity index (χ2v) is 4.92. The normalized spacial score (nSPS) is 11.5. The van der Waals surface area contributed by atoms with E-state index in [1.54, 1.807) is 6.92 Å². The van der Waals surface area contributed by atoms with Gasteiger partial charge in [0.05, 0.1) is 36.9 Å². The summed E-state index contributed by atoms with van der Waals surface area (Å²) in [6.45, 7) is 2.40. The highest BCUT2D eigenvalue weighted by atomic mass is 16.7. The van der Waals surface area contributed by atoms with Gasteiger partial charge in [0.25, 0.3) is 5.69 Å². The van der Waals surface area contributed by atoms with Crippen molar-refractivity contribution in [2.24, 2.45) is 0 Å². The van der Waals surface area contributed by atoms with Crippen LogP contribution in [0.1, 0.15) is 22.8 Å². The van der Waals surface area contributed by atoms with Crippen LogP contribution in [-0.4, -0.2) is 56.6 Å². The van der Waals surface area contributed by atoms with E-state index in [0.29, 0.717) is 0 Å². The Bertz CT molecular complexity index is 565. The molecule has 0 radical (unpaired) electrons. The van der Waals surface area contributed by atoms with Gasteiger partial charge >= 0.3 is 5.97 Å². The van der Waals surface area contributed by atoms with Gasteiger partial charge in [0.1, 0.15) is 0 Å². The maximum Gasteiger partial charge on any atom is 0.336 e. The highest BCUT2D eigenvalue weighted by molar-refractivity contribution is 5.90. The second-order valence-electron chi connectivity index (χ2n) is 4.92. The highest BCUT2D eigenvalue weighted by Gasteiger charge is 2.34. The molecule has 0 aliphatic heterocycles. The third kappa shape index (κ3) is 5.24. The molecule has 0 amide bonds. The Hall–Kier alpha value is -2.07. The first-order chi connectivity index (χ1) is 11.4. The molecule has 1 N–H and O–H groups in total. The lowest BCUT2D eigenvalue weighted by atomic mass is 9.99. The van der Waals surface area contributed by atoms with Gasteiger partial charge in [-0.2, -0.15) is 0 Å². The third-order valence-corrected chi connectivity index (χ3v) is 3.26. The second kappa shape index (κ2) is 9.28. The van der Waals surface area contributed by atoms with Crippen LogP contribution in [-0.2, 0) is 24.7 Å². The molecular weight excluding hydrogens is 322 g/mol. The van der Waals surface area contributed by atoms with Crippen molar-refractivity contribution in [1.82, 2.24) is 0 Å². The van der Waals surface area contributed by atoms with Gasteiger partial charge in [-0.1, -0.05) is 0 Å². The number of hydrogen-bond donors (Lipinski definition) is 1. The van der Waals surface area contributed by atoms with Crippen LogP contribution in [0.25, 0.3) is 0 Å². The van der Waals surface area contributed by atoms with Crippen molar-refractivity contribution in [3.63, 3.8) is 0 Å². The van der Waals surface area contributed by atoms with Crippen LogP contribution in [0, 0.1) is 10.1 Å². The monoisotopic (exact) mass is 343 g/mol. The first-order valence-corrected chi connectivity index (χ1v) is 7.13. The number of ether oxygens (including phenoxy) is 4. The van der Waals surface area contributed by atoms with Crippen molar-refractivity contribution in [3.8, 4) is 0 Å². The van der Waals surface area contributed by atoms with Crippen LogP contribution in [0.2, 0.25) is 0 Å². The molecule has 0 saturated carbocycles. The zero-order valence-electron chi connectivity index (χ0n) is 13.8. The molecule has 0 unspecified atom stereocenters. The average molecular weight is 343 g/mol. The Kier molecular flexibility index (Phi) is 7.72. The number of carboxylic acid groups (broad SMARTS) is 1. The lowest BCUT2D eigenvalue weighted by molar-refractivity contribution is -0.385. The van der Waals surface area contributed by atoms with Crippen molar-refractivity contribution < 1.29 is 33.8 Å². The van der Waals surface area contributed by atoms with E-state index in [4.69, 9.17) is 18.9 Å². The number of methoxy groups -OCH3 is 2. The summed E-state index contributed by atoms with van der Waals surface area (Å²) in [5.74, 6) is -2.73. The summed E-state index contributed by atoms with van der Waals surface area (Å²) in [4.78, 5) is 21.7. The minimum absolute atomic E-state index is 0.149. The fourth-order valence-electron chi connectivity index (χ4n) is 2.06. The van der Waals surface area contributed by atoms with Gasteiger partial charge in [0, 0.05) is 31.9 Å². The van der Waals surface area contributed by atoms with Crippen molar-refractivity contribution in [3.05, 3.63) is 39.4 Å². The van der Waals surface area contributed by atoms with E-state index in [0.717, 1.165) is 6.07 Å². The van der Waals surface area contributed by atoms with Crippen molar-refractivity contribution in [2.75, 3.05) is 40.6 Å². The number of aromatic carboxylic acids is 1. The van der Waals surface area contributed by atoms with Crippen LogP contribution in [0.4, 0.5) is 5.69 Å². The number of carbonyl (C=O) groups is 1. The van der Waals surface area contributed by atoms with E-state index in [2.05, 4.69) is 0 Å². The summed E-state index contributed by atoms with van der Waals surface area (Å²) in [5, 5.41) is 20.3. The van der Waals surface area contributed by atoms with E-state index in [1.165, 1.54) is 26.4 Å². The molecule has 0 spiro atoms. The lowest BCUT2D eigenvalue weighted by Crippen LogP contribution is -2.34. The molecule has 0 aliphatic rings. The molecule has 24 heavy (non-hydrogen) atoms. The Labute approximate surface area is 139 Å². The van der Waals surface area contributed by atoms with Crippen LogP contribution in [0.5, 0.6) is 0 Å². The van der Waals surface area contributed by atoms with Gasteiger partial charge in [-0.05, 0) is 13.0 Å². The molecule has 0 fully saturated rings. The van der Waals surface area contributed by atoms with Crippen LogP contribution < -0.4 is 0 Å². The molecule has 0 aliphatic carbocycles. The summed E-state index contributed by atoms with van der Waals surface area (Å²) < 4.78 is 21.1. The lowest BCUT2D eigenvalue weighted by Gasteiger charge is -2.31. The van der Waals surface area contributed by atoms with Gasteiger partial charge in [0.15, 0.2) is 5.79 Å². The van der Waals surface area contributed by atoms with Gasteiger partial charge in [-0.3, -0.25) is 10.1 Å². The topological polar surface area (TPSA) is 117 Å². The Balaban J connectivity index is 3.23. The van der Waals surface area contributed by atoms with E-state index in [-0.39, 0.29) is 43.2 Å². The first-order valence-electron chi connectivity index (χ1n) is 7.13. The van der Waals surface area contributed by atoms with E-state index in [1.807, 2.05) is 0 Å². The molecule has 0 heterocycles. The zero-order chi connectivity index (χ0) is 18.2. The van der Waals surface area contributed by atoms with Crippen LogP contribution in [0.3, 0.4) is 0 Å². The first kappa shape index (κ1) is 20.0.